The van der Waals surface area contributed by atoms with Crippen LogP contribution in [-0.2, 0) is 59.1 Å². The molecule has 2 saturated carbocycles. The molecular formula is C73H148F6O13S2. The first-order valence-corrected chi connectivity index (χ1v) is 34.0. The Morgan fingerprint density at radius 1 is 0.543 bits per heavy atom. The molecule has 2 aromatic carbocycles. The van der Waals surface area contributed by atoms with Gasteiger partial charge in [-0.3, -0.25) is 9.59 Å². The highest BCUT2D eigenvalue weighted by Crippen LogP contribution is 2.55. The minimum absolute atomic E-state index is 0. The van der Waals surface area contributed by atoms with E-state index < -0.39 is 33.8 Å². The van der Waals surface area contributed by atoms with Crippen LogP contribution in [-0.4, -0.2) is 125 Å². The third kappa shape index (κ3) is 109. The van der Waals surface area contributed by atoms with Crippen LogP contribution in [0.15, 0.2) is 48.5 Å². The maximum absolute atomic E-state index is 11.6. The Hall–Kier alpha value is -4.37. The Morgan fingerprint density at radius 3 is 0.862 bits per heavy atom. The summed E-state index contributed by atoms with van der Waals surface area (Å²) in [6.45, 7) is 45.5. The Kier molecular flexibility index (Phi) is 102. The maximum Gasteiger partial charge on any atom is 0.507 e. The molecule has 2 aliphatic rings. The highest BCUT2D eigenvalue weighted by Gasteiger charge is 2.64. The molecule has 0 radical (unpaired) electrons. The minimum Gasteiger partial charge on any atom is -0.497 e. The van der Waals surface area contributed by atoms with E-state index in [9.17, 15) is 58.7 Å². The fourth-order valence-corrected chi connectivity index (χ4v) is 6.33. The van der Waals surface area contributed by atoms with Gasteiger partial charge in [0.25, 0.3) is 0 Å². The smallest absolute Gasteiger partial charge is 0.497 e. The molecule has 2 fully saturated rings. The molecule has 4 rings (SSSR count). The van der Waals surface area contributed by atoms with Crippen LogP contribution < -0.4 is 4.74 Å². The van der Waals surface area contributed by atoms with Crippen LogP contribution >= 0.6 is 11.8 Å². The molecule has 0 heterocycles. The van der Waals surface area contributed by atoms with Crippen molar-refractivity contribution in [3.8, 4) is 5.75 Å². The van der Waals surface area contributed by atoms with Gasteiger partial charge in [0, 0.05) is 46.5 Å². The largest absolute Gasteiger partial charge is 0.507 e. The molecule has 0 saturated heterocycles. The van der Waals surface area contributed by atoms with E-state index in [4.69, 9.17) is 4.74 Å². The van der Waals surface area contributed by atoms with Gasteiger partial charge in [-0.2, -0.15) is 38.1 Å². The first-order chi connectivity index (χ1) is 40.6. The Bertz CT molecular complexity index is 1890. The van der Waals surface area contributed by atoms with Crippen molar-refractivity contribution >= 4 is 51.3 Å². The SMILES string of the molecule is C.C.C.C.CC(C)(C(F)(F)F)C(F)(F)F.CC(C)(C)C.CC(C)=O.CC(C)C.CC1CC(C)C2C(C)CC(C)C12.CCC.CCC(=O)OC.CCC(C)=O.CCc1ccc(C)cc1.COC.COC(=O)OC.COC(C)=O.COc1ccc(C)cc1.CS(C)(=O)=O.CSC. The number of rotatable bonds is 4. The van der Waals surface area contributed by atoms with Gasteiger partial charge in [0.15, 0.2) is 5.41 Å². The number of hydrogen-bond acceptors (Lipinski definition) is 14. The van der Waals surface area contributed by atoms with E-state index in [0.717, 1.165) is 66.1 Å². The molecule has 4 atom stereocenters. The highest BCUT2D eigenvalue weighted by atomic mass is 32.2. The van der Waals surface area contributed by atoms with E-state index in [1.807, 2.05) is 43.7 Å². The van der Waals surface area contributed by atoms with Gasteiger partial charge in [-0.15, -0.1) is 0 Å². The summed E-state index contributed by atoms with van der Waals surface area (Å²) in [7, 11) is 7.50. The number of halogens is 6. The lowest BCUT2D eigenvalue weighted by atomic mass is 9.84. The predicted molar refractivity (Wildman–Crippen MR) is 395 cm³/mol. The van der Waals surface area contributed by atoms with Crippen molar-refractivity contribution in [1.29, 1.82) is 0 Å². The normalized spacial score (nSPS) is 15.3. The third-order valence-electron chi connectivity index (χ3n) is 10.4. The van der Waals surface area contributed by atoms with Crippen molar-refractivity contribution < 1.29 is 87.2 Å². The van der Waals surface area contributed by atoms with Gasteiger partial charge in [-0.25, -0.2) is 13.2 Å². The van der Waals surface area contributed by atoms with Gasteiger partial charge in [0.2, 0.25) is 0 Å². The van der Waals surface area contributed by atoms with Crippen molar-refractivity contribution in [1.82, 2.24) is 0 Å². The lowest BCUT2D eigenvalue weighted by Crippen LogP contribution is -2.44. The van der Waals surface area contributed by atoms with E-state index in [0.29, 0.717) is 18.3 Å². The molecule has 572 valence electrons. The van der Waals surface area contributed by atoms with Gasteiger partial charge in [0.05, 0.1) is 35.5 Å². The van der Waals surface area contributed by atoms with Crippen LogP contribution in [0.4, 0.5) is 31.1 Å². The zero-order valence-electron chi connectivity index (χ0n) is 62.8. The van der Waals surface area contributed by atoms with E-state index >= 15 is 0 Å². The van der Waals surface area contributed by atoms with Gasteiger partial charge in [-0.1, -0.05) is 194 Å². The summed E-state index contributed by atoms with van der Waals surface area (Å²) in [4.78, 5) is 48.5. The average molecular weight is 1410 g/mol. The van der Waals surface area contributed by atoms with Crippen LogP contribution in [0.5, 0.6) is 5.75 Å². The zero-order chi connectivity index (χ0) is 74.6. The number of fused-ring (bicyclic) bond motifs is 1. The first-order valence-electron chi connectivity index (χ1n) is 30.1. The molecule has 21 heteroatoms. The van der Waals surface area contributed by atoms with Crippen LogP contribution in [0.3, 0.4) is 0 Å². The number of thioether (sulfide) groups is 1. The summed E-state index contributed by atoms with van der Waals surface area (Å²) >= 11 is 1.75. The standard InChI is InChI=1S/C12H22.C9H12.C8H10O.C5H6F6.C5H12.C4H8O2.C4H8O.C4H10.C3H6O3.C3H6O2.C3H6O.C3H8.C2H6O2S.C2H6O.C2H6S.4CH4/c1-7-5-8(2)12-10(4)6-9(3)11(7)12;1-3-9-6-4-8(2)5-7-9;1-7-3-5-8(9-2)6-4-7;1-3(2,4(6,7)8)5(9,10)11;1-5(2,3)4;1-3-4(5)6-2;1-3-4(2)5;1-4(2)3;1-5-3(4)6-2;1-3(4)5-2;1-3(2)4;1-3-2;1-5(2,3)4;2*1-3-2;;;;/h7-12H,5-6H2,1-4H3;4-7H,3H2,1-2H3;3-6H,1-2H3;1-2H3;1-4H3;3H2,1-2H3;3H2,1-2H3;4H,1-3H3;1-2H3;1-2H3;1-2H3;3H2,1-2H3;1-2H3;2*1-2H3;4*1H4. The number of methoxy groups -OCH3 is 6. The second-order valence-corrected chi connectivity index (χ2v) is 27.3. The molecule has 4 unspecified atom stereocenters. The Balaban J connectivity index is -0.0000000557. The lowest BCUT2D eigenvalue weighted by molar-refractivity contribution is -0.327. The van der Waals surface area contributed by atoms with Crippen molar-refractivity contribution in [2.24, 2.45) is 52.3 Å². The highest BCUT2D eigenvalue weighted by molar-refractivity contribution is 7.97. The predicted octanol–water partition coefficient (Wildman–Crippen LogP) is 22.6. The monoisotopic (exact) mass is 1410 g/mol. The van der Waals surface area contributed by atoms with Crippen LogP contribution in [0.25, 0.3) is 0 Å². The molecule has 0 amide bonds. The molecule has 94 heavy (non-hydrogen) atoms. The van der Waals surface area contributed by atoms with E-state index in [1.54, 1.807) is 46.9 Å². The lowest BCUT2D eigenvalue weighted by Gasteiger charge is -2.29. The Morgan fingerprint density at radius 2 is 0.755 bits per heavy atom. The number of ketones is 2. The fourth-order valence-electron chi connectivity index (χ4n) is 6.33. The number of Topliss-reactive ketones (excluding diaryl/α,β-unsaturated/α-hetero) is 2. The van der Waals surface area contributed by atoms with Crippen molar-refractivity contribution in [2.75, 3.05) is 74.8 Å². The fraction of sp³-hybridized carbons (Fsp3) is 0.767. The van der Waals surface area contributed by atoms with Gasteiger partial charge in [-0.05, 0) is 145 Å². The van der Waals surface area contributed by atoms with Gasteiger partial charge < -0.3 is 38.0 Å². The summed E-state index contributed by atoms with van der Waals surface area (Å²) < 4.78 is 115. The summed E-state index contributed by atoms with van der Waals surface area (Å²) in [6, 6.07) is 16.6. The summed E-state index contributed by atoms with van der Waals surface area (Å²) in [5.41, 5.74) is 0.892. The minimum atomic E-state index is -5.24. The molecule has 0 N–H and O–H groups in total. The van der Waals surface area contributed by atoms with Crippen molar-refractivity contribution in [3.63, 3.8) is 0 Å². The molecule has 2 aliphatic carbocycles. The molecule has 0 bridgehead atoms. The first kappa shape index (κ1) is 126. The second-order valence-electron chi connectivity index (χ2n) is 24.2. The summed E-state index contributed by atoms with van der Waals surface area (Å²) in [6.07, 6.45) is 1.76. The number of alkyl halides is 6. The summed E-state index contributed by atoms with van der Waals surface area (Å²) in [5, 5.41) is 0. The third-order valence-corrected chi connectivity index (χ3v) is 10.4. The van der Waals surface area contributed by atoms with E-state index in [-0.39, 0.29) is 67.1 Å². The molecule has 2 aromatic rings. The van der Waals surface area contributed by atoms with Gasteiger partial charge in [0.1, 0.15) is 27.2 Å². The Labute approximate surface area is 580 Å². The van der Waals surface area contributed by atoms with Gasteiger partial charge >= 0.3 is 30.4 Å². The number of carbonyl (C=O) groups excluding carboxylic acids is 5. The van der Waals surface area contributed by atoms with E-state index in [2.05, 4.69) is 159 Å². The number of esters is 2. The quantitative estimate of drug-likeness (QED) is 0.161. The van der Waals surface area contributed by atoms with Crippen LogP contribution in [0.2, 0.25) is 0 Å². The molecule has 0 aliphatic heterocycles. The number of benzene rings is 2. The number of sulfone groups is 1. The topological polar surface area (TPSA) is 175 Å². The number of carbonyl (C=O) groups is 5. The van der Waals surface area contributed by atoms with Crippen molar-refractivity contribution in [2.45, 2.75) is 247 Å². The molecule has 13 nitrogen and oxygen atoms in total. The van der Waals surface area contributed by atoms with E-state index in [1.165, 1.54) is 85.2 Å². The molecule has 0 aromatic heterocycles. The van der Waals surface area contributed by atoms with Crippen LogP contribution in [0, 0.1) is 66.1 Å². The van der Waals surface area contributed by atoms with Crippen LogP contribution in [0.1, 0.15) is 231 Å². The second kappa shape index (κ2) is 76.0. The number of ether oxygens (including phenoxy) is 6. The van der Waals surface area contributed by atoms with Crippen molar-refractivity contribution in [3.05, 3.63) is 65.2 Å². The zero-order valence-corrected chi connectivity index (χ0v) is 64.4. The average Bonchev–Trinajstić information content (AvgIpc) is 1.51. The molecule has 0 spiro atoms. The number of aryl methyl sites for hydroxylation is 3. The summed E-state index contributed by atoms with van der Waals surface area (Å²) in [5.74, 6) is 7.92. The molecular weight excluding hydrogens is 1260 g/mol. The number of hydrogen-bond donors (Lipinski definition) is 0. The maximum atomic E-state index is 11.6.